The third-order valence-corrected chi connectivity index (χ3v) is 5.90. The van der Waals surface area contributed by atoms with Crippen molar-refractivity contribution < 1.29 is 14.4 Å². The summed E-state index contributed by atoms with van der Waals surface area (Å²) >= 11 is 0.894. The third kappa shape index (κ3) is 4.35. The van der Waals surface area contributed by atoms with Crippen LogP contribution in [0.5, 0.6) is 0 Å². The Hall–Kier alpha value is -2.28. The summed E-state index contributed by atoms with van der Waals surface area (Å²) in [5.74, 6) is -0.541. The van der Waals surface area contributed by atoms with Crippen LogP contribution in [0.1, 0.15) is 31.7 Å². The summed E-state index contributed by atoms with van der Waals surface area (Å²) in [7, 11) is 3.92. The quantitative estimate of drug-likeness (QED) is 0.743. The molecule has 1 atom stereocenters. The molecule has 0 N–H and O–H groups in total. The highest BCUT2D eigenvalue weighted by Gasteiger charge is 2.37. The Balaban J connectivity index is 1.70. The van der Waals surface area contributed by atoms with E-state index in [2.05, 4.69) is 0 Å². The lowest BCUT2D eigenvalue weighted by atomic mass is 10.0. The molecule has 27 heavy (non-hydrogen) atoms. The molecule has 3 rings (SSSR count). The summed E-state index contributed by atoms with van der Waals surface area (Å²) < 4.78 is 0. The molecular formula is C20H25N3O3S. The Morgan fingerprint density at radius 1 is 1.22 bits per heavy atom. The van der Waals surface area contributed by atoms with Crippen LogP contribution in [0, 0.1) is 0 Å². The normalized spacial score (nSPS) is 21.9. The Morgan fingerprint density at radius 3 is 2.56 bits per heavy atom. The minimum Gasteiger partial charge on any atom is -0.378 e. The van der Waals surface area contributed by atoms with Crippen LogP contribution in [-0.4, -0.2) is 60.1 Å². The number of likely N-dealkylation sites (tertiary alicyclic amines) is 1. The Kier molecular flexibility index (Phi) is 5.89. The third-order valence-electron chi connectivity index (χ3n) is 5.00. The number of carbonyl (C=O) groups excluding carboxylic acids is 3. The van der Waals surface area contributed by atoms with Crippen LogP contribution in [0.4, 0.5) is 10.5 Å². The average molecular weight is 388 g/mol. The van der Waals surface area contributed by atoms with Crippen LogP contribution in [0.3, 0.4) is 0 Å². The fourth-order valence-corrected chi connectivity index (χ4v) is 4.19. The van der Waals surface area contributed by atoms with Crippen molar-refractivity contribution in [2.45, 2.75) is 32.2 Å². The molecule has 2 fully saturated rings. The number of carbonyl (C=O) groups is 3. The van der Waals surface area contributed by atoms with Gasteiger partial charge in [-0.2, -0.15) is 0 Å². The van der Waals surface area contributed by atoms with Crippen molar-refractivity contribution >= 4 is 40.6 Å². The lowest BCUT2D eigenvalue weighted by Crippen LogP contribution is -2.47. The van der Waals surface area contributed by atoms with Crippen molar-refractivity contribution in [2.75, 3.05) is 32.1 Å². The zero-order valence-corrected chi connectivity index (χ0v) is 16.8. The van der Waals surface area contributed by atoms with E-state index in [0.29, 0.717) is 11.4 Å². The lowest BCUT2D eigenvalue weighted by molar-refractivity contribution is -0.138. The standard InChI is InChI=1S/C20H25N3O3S/c1-14-6-4-5-11-22(14)18(24)13-23-19(25)17(27-20(23)26)12-15-7-9-16(10-8-15)21(2)3/h7-10,12,14H,4-6,11,13H2,1-3H3/b17-12-/t14-/m1/s1. The van der Waals surface area contributed by atoms with Gasteiger partial charge in [-0.1, -0.05) is 12.1 Å². The summed E-state index contributed by atoms with van der Waals surface area (Å²) in [4.78, 5) is 42.7. The minimum atomic E-state index is -0.389. The number of thioether (sulfide) groups is 1. The summed E-state index contributed by atoms with van der Waals surface area (Å²) in [5, 5.41) is -0.380. The highest BCUT2D eigenvalue weighted by Crippen LogP contribution is 2.32. The van der Waals surface area contributed by atoms with Gasteiger partial charge in [-0.3, -0.25) is 19.3 Å². The van der Waals surface area contributed by atoms with Gasteiger partial charge in [0.05, 0.1) is 4.91 Å². The molecule has 0 saturated carbocycles. The Labute approximate surface area is 164 Å². The number of benzene rings is 1. The van der Waals surface area contributed by atoms with Crippen LogP contribution >= 0.6 is 11.8 Å². The number of nitrogens with zero attached hydrogens (tertiary/aromatic N) is 3. The zero-order chi connectivity index (χ0) is 19.6. The van der Waals surface area contributed by atoms with Crippen molar-refractivity contribution in [3.8, 4) is 0 Å². The van der Waals surface area contributed by atoms with E-state index >= 15 is 0 Å². The fourth-order valence-electron chi connectivity index (χ4n) is 3.35. The van der Waals surface area contributed by atoms with Gasteiger partial charge in [-0.25, -0.2) is 0 Å². The molecule has 0 spiro atoms. The monoisotopic (exact) mass is 387 g/mol. The number of rotatable bonds is 4. The molecule has 144 valence electrons. The zero-order valence-electron chi connectivity index (χ0n) is 16.0. The first-order chi connectivity index (χ1) is 12.9. The van der Waals surface area contributed by atoms with Crippen molar-refractivity contribution in [3.05, 3.63) is 34.7 Å². The Morgan fingerprint density at radius 2 is 1.93 bits per heavy atom. The maximum absolute atomic E-state index is 12.6. The van der Waals surface area contributed by atoms with Crippen molar-refractivity contribution in [3.63, 3.8) is 0 Å². The summed E-state index contributed by atoms with van der Waals surface area (Å²) in [6.07, 6.45) is 4.76. The fraction of sp³-hybridized carbons (Fsp3) is 0.450. The van der Waals surface area contributed by atoms with Crippen LogP contribution in [-0.2, 0) is 9.59 Å². The molecule has 0 aromatic heterocycles. The molecule has 1 aromatic carbocycles. The maximum atomic E-state index is 12.6. The molecule has 6 nitrogen and oxygen atoms in total. The minimum absolute atomic E-state index is 0.152. The number of amides is 3. The maximum Gasteiger partial charge on any atom is 0.294 e. The van der Waals surface area contributed by atoms with Crippen molar-refractivity contribution in [2.24, 2.45) is 0 Å². The summed E-state index contributed by atoms with van der Waals surface area (Å²) in [5.41, 5.74) is 1.91. The molecule has 0 unspecified atom stereocenters. The van der Waals surface area contributed by atoms with Crippen LogP contribution < -0.4 is 4.90 Å². The van der Waals surface area contributed by atoms with Crippen molar-refractivity contribution in [1.82, 2.24) is 9.80 Å². The molecular weight excluding hydrogens is 362 g/mol. The lowest BCUT2D eigenvalue weighted by Gasteiger charge is -2.34. The first kappa shape index (κ1) is 19.5. The molecule has 2 aliphatic heterocycles. The molecule has 7 heteroatoms. The summed E-state index contributed by atoms with van der Waals surface area (Å²) in [6.45, 7) is 2.54. The average Bonchev–Trinajstić information content (AvgIpc) is 2.90. The van der Waals surface area contributed by atoms with Crippen LogP contribution in [0.2, 0.25) is 0 Å². The van der Waals surface area contributed by atoms with E-state index in [1.54, 1.807) is 11.0 Å². The topological polar surface area (TPSA) is 60.9 Å². The molecule has 0 aliphatic carbocycles. The van der Waals surface area contributed by atoms with Gasteiger partial charge in [-0.05, 0) is 61.7 Å². The van der Waals surface area contributed by atoms with Gasteiger partial charge in [0.25, 0.3) is 11.1 Å². The predicted molar refractivity (Wildman–Crippen MR) is 108 cm³/mol. The van der Waals surface area contributed by atoms with E-state index in [1.165, 1.54) is 0 Å². The van der Waals surface area contributed by atoms with E-state index in [4.69, 9.17) is 0 Å². The van der Waals surface area contributed by atoms with E-state index in [1.807, 2.05) is 50.2 Å². The van der Waals surface area contributed by atoms with Gasteiger partial charge >= 0.3 is 0 Å². The Bertz CT molecular complexity index is 773. The molecule has 3 amide bonds. The van der Waals surface area contributed by atoms with E-state index < -0.39 is 0 Å². The largest absolute Gasteiger partial charge is 0.378 e. The first-order valence-electron chi connectivity index (χ1n) is 9.19. The van der Waals surface area contributed by atoms with Gasteiger partial charge < -0.3 is 9.80 Å². The van der Waals surface area contributed by atoms with Gasteiger partial charge in [0.15, 0.2) is 0 Å². The highest BCUT2D eigenvalue weighted by atomic mass is 32.2. The molecule has 2 heterocycles. The molecule has 1 aromatic rings. The van der Waals surface area contributed by atoms with Gasteiger partial charge in [0.1, 0.15) is 6.54 Å². The second-order valence-electron chi connectivity index (χ2n) is 7.19. The molecule has 2 saturated heterocycles. The second kappa shape index (κ2) is 8.17. The summed E-state index contributed by atoms with van der Waals surface area (Å²) in [6, 6.07) is 7.89. The highest BCUT2D eigenvalue weighted by molar-refractivity contribution is 8.18. The number of anilines is 1. The smallest absolute Gasteiger partial charge is 0.294 e. The van der Waals surface area contributed by atoms with Gasteiger partial charge in [0.2, 0.25) is 5.91 Å². The predicted octanol–water partition coefficient (Wildman–Crippen LogP) is 3.19. The van der Waals surface area contributed by atoms with Crippen LogP contribution in [0.15, 0.2) is 29.2 Å². The van der Waals surface area contributed by atoms with Crippen molar-refractivity contribution in [1.29, 1.82) is 0 Å². The van der Waals surface area contributed by atoms with E-state index in [-0.39, 0.29) is 29.6 Å². The number of hydrogen-bond acceptors (Lipinski definition) is 5. The molecule has 0 bridgehead atoms. The second-order valence-corrected chi connectivity index (χ2v) is 8.18. The van der Waals surface area contributed by atoms with Gasteiger partial charge in [0, 0.05) is 32.4 Å². The van der Waals surface area contributed by atoms with E-state index in [9.17, 15) is 14.4 Å². The SMILES string of the molecule is C[C@@H]1CCCCN1C(=O)CN1C(=O)S/C(=C\c2ccc(N(C)C)cc2)C1=O. The number of hydrogen-bond donors (Lipinski definition) is 0. The van der Waals surface area contributed by atoms with Crippen LogP contribution in [0.25, 0.3) is 6.08 Å². The molecule has 0 radical (unpaired) electrons. The first-order valence-corrected chi connectivity index (χ1v) is 10.0. The number of imide groups is 1. The number of piperidine rings is 1. The van der Waals surface area contributed by atoms with Gasteiger partial charge in [-0.15, -0.1) is 0 Å². The van der Waals surface area contributed by atoms with E-state index in [0.717, 1.165) is 47.2 Å². The molecule has 2 aliphatic rings.